The molecule has 0 aliphatic carbocycles. The van der Waals surface area contributed by atoms with Gasteiger partial charge in [0.05, 0.1) is 11.3 Å². The minimum atomic E-state index is -4.44. The molecule has 0 N–H and O–H groups in total. The van der Waals surface area contributed by atoms with Crippen molar-refractivity contribution >= 4 is 0 Å². The van der Waals surface area contributed by atoms with Gasteiger partial charge in [-0.15, -0.1) is 0 Å². The van der Waals surface area contributed by atoms with E-state index in [1.165, 1.54) is 18.3 Å². The molecule has 3 aromatic rings. The summed E-state index contributed by atoms with van der Waals surface area (Å²) in [6.07, 6.45) is -2.97. The summed E-state index contributed by atoms with van der Waals surface area (Å²) >= 11 is 0. The Hall–Kier alpha value is -2.69. The lowest BCUT2D eigenvalue weighted by molar-refractivity contribution is -0.137. The van der Waals surface area contributed by atoms with Crippen molar-refractivity contribution in [1.29, 1.82) is 0 Å². The first-order chi connectivity index (χ1) is 10.6. The van der Waals surface area contributed by atoms with Crippen molar-refractivity contribution in [3.05, 3.63) is 72.4 Å². The van der Waals surface area contributed by atoms with Crippen LogP contribution in [0.25, 0.3) is 22.6 Å². The maximum absolute atomic E-state index is 13.1. The van der Waals surface area contributed by atoms with Crippen molar-refractivity contribution in [2.45, 2.75) is 6.18 Å². The molecular weight excluding hydrogens is 289 g/mol. The van der Waals surface area contributed by atoms with Gasteiger partial charge in [0.2, 0.25) is 0 Å². The fourth-order valence-electron chi connectivity index (χ4n) is 2.18. The predicted molar refractivity (Wildman–Crippen MR) is 77.9 cm³/mol. The van der Waals surface area contributed by atoms with Gasteiger partial charge in [-0.3, -0.25) is 0 Å². The minimum Gasteiger partial charge on any atom is -0.237 e. The summed E-state index contributed by atoms with van der Waals surface area (Å²) in [5.74, 6) is 0.0641. The van der Waals surface area contributed by atoms with Crippen LogP contribution in [0.5, 0.6) is 0 Å². The quantitative estimate of drug-likeness (QED) is 0.677. The van der Waals surface area contributed by atoms with E-state index in [1.807, 2.05) is 30.3 Å². The monoisotopic (exact) mass is 300 g/mol. The summed E-state index contributed by atoms with van der Waals surface area (Å²) in [4.78, 5) is 8.27. The highest BCUT2D eigenvalue weighted by atomic mass is 19.4. The van der Waals surface area contributed by atoms with Crippen LogP contribution >= 0.6 is 0 Å². The second-order valence-electron chi connectivity index (χ2n) is 4.67. The van der Waals surface area contributed by atoms with E-state index in [9.17, 15) is 13.2 Å². The lowest BCUT2D eigenvalue weighted by atomic mass is 10.1. The number of hydrogen-bond acceptors (Lipinski definition) is 2. The number of alkyl halides is 3. The molecule has 0 bridgehead atoms. The zero-order valence-electron chi connectivity index (χ0n) is 11.4. The van der Waals surface area contributed by atoms with E-state index >= 15 is 0 Å². The molecule has 3 rings (SSSR count). The molecule has 5 heteroatoms. The van der Waals surface area contributed by atoms with Gasteiger partial charge in [-0.2, -0.15) is 13.2 Å². The largest absolute Gasteiger partial charge is 0.417 e. The third-order valence-electron chi connectivity index (χ3n) is 3.20. The molecular formula is C17H11F3N2. The number of hydrogen-bond donors (Lipinski definition) is 0. The van der Waals surface area contributed by atoms with E-state index in [2.05, 4.69) is 9.97 Å². The van der Waals surface area contributed by atoms with Gasteiger partial charge in [-0.1, -0.05) is 48.5 Å². The standard InChI is InChI=1S/C17H11F3N2/c18-17(19,20)14-9-5-4-8-13(14)16-21-11-10-15(22-16)12-6-2-1-3-7-12/h1-11H. The topological polar surface area (TPSA) is 25.8 Å². The van der Waals surface area contributed by atoms with E-state index in [0.29, 0.717) is 5.69 Å². The fourth-order valence-corrected chi connectivity index (χ4v) is 2.18. The minimum absolute atomic E-state index is 0.0206. The number of halogens is 3. The van der Waals surface area contributed by atoms with E-state index in [4.69, 9.17) is 0 Å². The SMILES string of the molecule is FC(F)(F)c1ccccc1-c1nccc(-c2ccccc2)n1. The predicted octanol–water partition coefficient (Wildman–Crippen LogP) is 4.83. The first-order valence-electron chi connectivity index (χ1n) is 6.61. The second kappa shape index (κ2) is 5.60. The maximum Gasteiger partial charge on any atom is 0.417 e. The molecule has 2 nitrogen and oxygen atoms in total. The van der Waals surface area contributed by atoms with Crippen LogP contribution < -0.4 is 0 Å². The van der Waals surface area contributed by atoms with E-state index in [0.717, 1.165) is 11.6 Å². The van der Waals surface area contributed by atoms with Crippen LogP contribution in [-0.4, -0.2) is 9.97 Å². The van der Waals surface area contributed by atoms with Crippen LogP contribution in [0, 0.1) is 0 Å². The molecule has 0 saturated carbocycles. The molecule has 0 spiro atoms. The highest BCUT2D eigenvalue weighted by Gasteiger charge is 2.34. The Morgan fingerprint density at radius 3 is 2.18 bits per heavy atom. The third-order valence-corrected chi connectivity index (χ3v) is 3.20. The highest BCUT2D eigenvalue weighted by molar-refractivity contribution is 5.65. The highest BCUT2D eigenvalue weighted by Crippen LogP contribution is 2.36. The van der Waals surface area contributed by atoms with Crippen molar-refractivity contribution in [3.63, 3.8) is 0 Å². The molecule has 2 aromatic carbocycles. The number of aromatic nitrogens is 2. The molecule has 0 radical (unpaired) electrons. The third kappa shape index (κ3) is 2.83. The molecule has 0 fully saturated rings. The maximum atomic E-state index is 13.1. The Kier molecular flexibility index (Phi) is 3.63. The summed E-state index contributed by atoms with van der Waals surface area (Å²) < 4.78 is 39.3. The van der Waals surface area contributed by atoms with Gasteiger partial charge in [0.15, 0.2) is 5.82 Å². The smallest absolute Gasteiger partial charge is 0.237 e. The molecule has 1 heterocycles. The molecule has 22 heavy (non-hydrogen) atoms. The summed E-state index contributed by atoms with van der Waals surface area (Å²) in [5, 5.41) is 0. The van der Waals surface area contributed by atoms with Crippen molar-refractivity contribution in [2.24, 2.45) is 0 Å². The number of nitrogens with zero attached hydrogens (tertiary/aromatic N) is 2. The van der Waals surface area contributed by atoms with Crippen LogP contribution in [0.15, 0.2) is 66.9 Å². The molecule has 0 aliphatic heterocycles. The van der Waals surface area contributed by atoms with Crippen LogP contribution in [0.4, 0.5) is 13.2 Å². The summed E-state index contributed by atoms with van der Waals surface area (Å²) in [6.45, 7) is 0. The van der Waals surface area contributed by atoms with Crippen LogP contribution in [0.3, 0.4) is 0 Å². The van der Waals surface area contributed by atoms with Crippen molar-refractivity contribution in [2.75, 3.05) is 0 Å². The Balaban J connectivity index is 2.11. The van der Waals surface area contributed by atoms with Gasteiger partial charge in [-0.05, 0) is 12.1 Å². The van der Waals surface area contributed by atoms with Gasteiger partial charge < -0.3 is 0 Å². The average molecular weight is 300 g/mol. The van der Waals surface area contributed by atoms with Gasteiger partial charge >= 0.3 is 6.18 Å². The molecule has 0 saturated heterocycles. The lowest BCUT2D eigenvalue weighted by Gasteiger charge is -2.12. The summed E-state index contributed by atoms with van der Waals surface area (Å²) in [6, 6.07) is 16.3. The van der Waals surface area contributed by atoms with Gasteiger partial charge in [-0.25, -0.2) is 9.97 Å². The van der Waals surface area contributed by atoms with E-state index < -0.39 is 11.7 Å². The second-order valence-corrected chi connectivity index (χ2v) is 4.67. The van der Waals surface area contributed by atoms with Gasteiger partial charge in [0.1, 0.15) is 0 Å². The van der Waals surface area contributed by atoms with Crippen molar-refractivity contribution in [1.82, 2.24) is 9.97 Å². The first-order valence-corrected chi connectivity index (χ1v) is 6.61. The lowest BCUT2D eigenvalue weighted by Crippen LogP contribution is -2.08. The molecule has 110 valence electrons. The Morgan fingerprint density at radius 1 is 0.773 bits per heavy atom. The van der Waals surface area contributed by atoms with Gasteiger partial charge in [0.25, 0.3) is 0 Å². The zero-order chi connectivity index (χ0) is 15.6. The van der Waals surface area contributed by atoms with Crippen LogP contribution in [0.1, 0.15) is 5.56 Å². The molecule has 0 aliphatic rings. The average Bonchev–Trinajstić information content (AvgIpc) is 2.55. The number of benzene rings is 2. The Morgan fingerprint density at radius 2 is 1.45 bits per heavy atom. The summed E-state index contributed by atoms with van der Waals surface area (Å²) in [7, 11) is 0. The van der Waals surface area contributed by atoms with Crippen LogP contribution in [-0.2, 0) is 6.18 Å². The zero-order valence-corrected chi connectivity index (χ0v) is 11.4. The van der Waals surface area contributed by atoms with E-state index in [-0.39, 0.29) is 11.4 Å². The van der Waals surface area contributed by atoms with Crippen LogP contribution in [0.2, 0.25) is 0 Å². The normalized spacial score (nSPS) is 11.4. The summed E-state index contributed by atoms with van der Waals surface area (Å²) in [5.41, 5.74) is 0.659. The Labute approximate surface area is 125 Å². The molecule has 0 unspecified atom stereocenters. The molecule has 1 aromatic heterocycles. The first kappa shape index (κ1) is 14.3. The van der Waals surface area contributed by atoms with E-state index in [1.54, 1.807) is 12.1 Å². The van der Waals surface area contributed by atoms with Crippen molar-refractivity contribution in [3.8, 4) is 22.6 Å². The number of rotatable bonds is 2. The molecule has 0 atom stereocenters. The van der Waals surface area contributed by atoms with Gasteiger partial charge in [0, 0.05) is 17.3 Å². The van der Waals surface area contributed by atoms with Crippen molar-refractivity contribution < 1.29 is 13.2 Å². The molecule has 0 amide bonds. The fraction of sp³-hybridized carbons (Fsp3) is 0.0588. The Bertz CT molecular complexity index is 783.